The molecule has 0 saturated carbocycles. The van der Waals surface area contributed by atoms with Crippen LogP contribution in [0.5, 0.6) is 0 Å². The van der Waals surface area contributed by atoms with Crippen LogP contribution in [0.1, 0.15) is 85.3 Å². The number of amides is 1. The van der Waals surface area contributed by atoms with Crippen molar-refractivity contribution in [2.45, 2.75) is 86.6 Å². The number of aliphatic hydroxyl groups excluding tert-OH is 1. The van der Waals surface area contributed by atoms with E-state index >= 15 is 0 Å². The highest BCUT2D eigenvalue weighted by molar-refractivity contribution is 5.90. The molecule has 0 spiro atoms. The zero-order chi connectivity index (χ0) is 20.9. The first-order valence-corrected chi connectivity index (χ1v) is 9.75. The van der Waals surface area contributed by atoms with Gasteiger partial charge in [-0.1, -0.05) is 47.6 Å². The summed E-state index contributed by atoms with van der Waals surface area (Å²) in [6, 6.07) is 6.28. The number of anilines is 1. The summed E-state index contributed by atoms with van der Waals surface area (Å²) >= 11 is 0. The Morgan fingerprint density at radius 2 is 1.65 bits per heavy atom. The van der Waals surface area contributed by atoms with Gasteiger partial charge in [-0.3, -0.25) is 4.79 Å². The second-order valence-corrected chi connectivity index (χ2v) is 7.91. The highest BCUT2D eigenvalue weighted by Gasteiger charge is 2.07. The molecule has 0 atom stereocenters. The van der Waals surface area contributed by atoms with Gasteiger partial charge in [0.1, 0.15) is 0 Å². The smallest absolute Gasteiger partial charge is 0.224 e. The zero-order valence-corrected chi connectivity index (χ0v) is 18.4. The second kappa shape index (κ2) is 13.8. The van der Waals surface area contributed by atoms with Crippen molar-refractivity contribution < 1.29 is 9.90 Å². The molecular formula is C22H42N2O2. The van der Waals surface area contributed by atoms with Crippen LogP contribution in [0.3, 0.4) is 0 Å². The minimum Gasteiger partial charge on any atom is -0.394 e. The number of aryl methyl sites for hydroxylation is 1. The molecule has 0 aliphatic carbocycles. The third kappa shape index (κ3) is 14.9. The van der Waals surface area contributed by atoms with Crippen molar-refractivity contribution in [1.82, 2.24) is 0 Å². The van der Waals surface area contributed by atoms with Gasteiger partial charge < -0.3 is 16.2 Å². The van der Waals surface area contributed by atoms with Crippen LogP contribution in [0.15, 0.2) is 18.2 Å². The van der Waals surface area contributed by atoms with Gasteiger partial charge in [-0.15, -0.1) is 0 Å². The van der Waals surface area contributed by atoms with Gasteiger partial charge in [0.25, 0.3) is 0 Å². The standard InChI is InChI=1S/C16H25NO.C4H11NO.C2H6/c1-11(2)6-7-16(18)17-15-9-13(5)8-14(10-15)12(3)4;1-4(2,5)3-6;1-2/h8-12H,6-7H2,1-5H3,(H,17,18);6H,3,5H2,1-2H3;1-2H3. The summed E-state index contributed by atoms with van der Waals surface area (Å²) in [5.41, 5.74) is 8.27. The first-order valence-electron chi connectivity index (χ1n) is 9.75. The SMILES string of the molecule is CC.CC(C)(N)CO.Cc1cc(NC(=O)CCC(C)C)cc(C(C)C)c1. The highest BCUT2D eigenvalue weighted by Crippen LogP contribution is 2.21. The van der Waals surface area contributed by atoms with Gasteiger partial charge in [-0.05, 0) is 62.3 Å². The molecule has 4 heteroatoms. The molecule has 0 fully saturated rings. The van der Waals surface area contributed by atoms with Crippen molar-refractivity contribution in [3.8, 4) is 0 Å². The van der Waals surface area contributed by atoms with E-state index < -0.39 is 5.54 Å². The number of carbonyl (C=O) groups excluding carboxylic acids is 1. The molecule has 0 radical (unpaired) electrons. The van der Waals surface area contributed by atoms with Crippen molar-refractivity contribution in [3.63, 3.8) is 0 Å². The number of benzene rings is 1. The van der Waals surface area contributed by atoms with E-state index in [0.717, 1.165) is 12.1 Å². The summed E-state index contributed by atoms with van der Waals surface area (Å²) in [5.74, 6) is 1.17. The van der Waals surface area contributed by atoms with Crippen molar-refractivity contribution in [1.29, 1.82) is 0 Å². The van der Waals surface area contributed by atoms with Crippen LogP contribution >= 0.6 is 0 Å². The fourth-order valence-corrected chi connectivity index (χ4v) is 1.86. The molecule has 0 heterocycles. The number of nitrogens with one attached hydrogen (secondary N) is 1. The Kier molecular flexibility index (Phi) is 14.2. The Hall–Kier alpha value is -1.39. The lowest BCUT2D eigenvalue weighted by molar-refractivity contribution is -0.116. The van der Waals surface area contributed by atoms with Crippen molar-refractivity contribution >= 4 is 11.6 Å². The zero-order valence-electron chi connectivity index (χ0n) is 18.4. The van der Waals surface area contributed by atoms with E-state index in [4.69, 9.17) is 10.8 Å². The van der Waals surface area contributed by atoms with E-state index in [1.165, 1.54) is 11.1 Å². The van der Waals surface area contributed by atoms with Gasteiger partial charge in [0.15, 0.2) is 0 Å². The second-order valence-electron chi connectivity index (χ2n) is 7.91. The van der Waals surface area contributed by atoms with Gasteiger partial charge in [0, 0.05) is 17.6 Å². The lowest BCUT2D eigenvalue weighted by Crippen LogP contribution is -2.35. The van der Waals surface area contributed by atoms with E-state index in [-0.39, 0.29) is 12.5 Å². The first-order chi connectivity index (χ1) is 11.9. The van der Waals surface area contributed by atoms with Crippen molar-refractivity contribution in [3.05, 3.63) is 29.3 Å². The molecule has 4 nitrogen and oxygen atoms in total. The Morgan fingerprint density at radius 1 is 1.15 bits per heavy atom. The van der Waals surface area contributed by atoms with E-state index in [1.807, 2.05) is 19.9 Å². The van der Waals surface area contributed by atoms with Gasteiger partial charge in [-0.25, -0.2) is 0 Å². The molecule has 152 valence electrons. The third-order valence-electron chi connectivity index (χ3n) is 3.41. The molecule has 0 bridgehead atoms. The Balaban J connectivity index is 0. The minimum absolute atomic E-state index is 0.0486. The highest BCUT2D eigenvalue weighted by atomic mass is 16.3. The Morgan fingerprint density at radius 3 is 2.04 bits per heavy atom. The van der Waals surface area contributed by atoms with Crippen LogP contribution in [0, 0.1) is 12.8 Å². The molecule has 1 rings (SSSR count). The molecule has 1 aromatic rings. The third-order valence-corrected chi connectivity index (χ3v) is 3.41. The lowest BCUT2D eigenvalue weighted by atomic mass is 10.00. The number of carbonyl (C=O) groups is 1. The number of hydrogen-bond donors (Lipinski definition) is 3. The molecule has 1 aromatic carbocycles. The fraction of sp³-hybridized carbons (Fsp3) is 0.682. The molecule has 4 N–H and O–H groups in total. The molecule has 0 aliphatic rings. The summed E-state index contributed by atoms with van der Waals surface area (Å²) in [6.07, 6.45) is 1.54. The number of hydrogen-bond acceptors (Lipinski definition) is 3. The monoisotopic (exact) mass is 366 g/mol. The molecular weight excluding hydrogens is 324 g/mol. The Bertz CT molecular complexity index is 503. The average molecular weight is 367 g/mol. The van der Waals surface area contributed by atoms with Gasteiger partial charge in [0.05, 0.1) is 6.61 Å². The maximum absolute atomic E-state index is 11.8. The first kappa shape index (κ1) is 26.8. The van der Waals surface area contributed by atoms with Crippen molar-refractivity contribution in [2.75, 3.05) is 11.9 Å². The summed E-state index contributed by atoms with van der Waals surface area (Å²) in [7, 11) is 0. The summed E-state index contributed by atoms with van der Waals surface area (Å²) in [4.78, 5) is 11.8. The molecule has 0 aromatic heterocycles. The molecule has 0 unspecified atom stereocenters. The summed E-state index contributed by atoms with van der Waals surface area (Å²) < 4.78 is 0. The predicted molar refractivity (Wildman–Crippen MR) is 115 cm³/mol. The predicted octanol–water partition coefficient (Wildman–Crippen LogP) is 5.24. The minimum atomic E-state index is -0.403. The molecule has 0 saturated heterocycles. The normalized spacial score (nSPS) is 10.7. The number of aliphatic hydroxyl groups is 1. The van der Waals surface area contributed by atoms with Crippen LogP contribution in [-0.2, 0) is 4.79 Å². The summed E-state index contributed by atoms with van der Waals surface area (Å²) in [5, 5.41) is 11.3. The maximum Gasteiger partial charge on any atom is 0.224 e. The van der Waals surface area contributed by atoms with Crippen LogP contribution < -0.4 is 11.1 Å². The quantitative estimate of drug-likeness (QED) is 0.645. The van der Waals surface area contributed by atoms with Gasteiger partial charge >= 0.3 is 0 Å². The topological polar surface area (TPSA) is 75.3 Å². The summed E-state index contributed by atoms with van der Waals surface area (Å²) in [6.45, 7) is 18.3. The van der Waals surface area contributed by atoms with E-state index in [2.05, 4.69) is 52.1 Å². The lowest BCUT2D eigenvalue weighted by Gasteiger charge is -2.12. The number of rotatable bonds is 6. The largest absolute Gasteiger partial charge is 0.394 e. The van der Waals surface area contributed by atoms with Gasteiger partial charge in [0.2, 0.25) is 5.91 Å². The number of nitrogens with two attached hydrogens (primary N) is 1. The van der Waals surface area contributed by atoms with Gasteiger partial charge in [-0.2, -0.15) is 0 Å². The van der Waals surface area contributed by atoms with Crippen LogP contribution in [0.2, 0.25) is 0 Å². The van der Waals surface area contributed by atoms with E-state index in [0.29, 0.717) is 18.3 Å². The molecule has 1 amide bonds. The van der Waals surface area contributed by atoms with E-state index in [9.17, 15) is 4.79 Å². The van der Waals surface area contributed by atoms with Crippen LogP contribution in [0.4, 0.5) is 5.69 Å². The maximum atomic E-state index is 11.8. The average Bonchev–Trinajstić information content (AvgIpc) is 2.54. The van der Waals surface area contributed by atoms with Crippen LogP contribution in [0.25, 0.3) is 0 Å². The van der Waals surface area contributed by atoms with Crippen molar-refractivity contribution in [2.24, 2.45) is 11.7 Å². The van der Waals surface area contributed by atoms with E-state index in [1.54, 1.807) is 13.8 Å². The Labute approximate surface area is 161 Å². The molecule has 26 heavy (non-hydrogen) atoms. The van der Waals surface area contributed by atoms with Crippen LogP contribution in [-0.4, -0.2) is 23.2 Å². The fourth-order valence-electron chi connectivity index (χ4n) is 1.86. The molecule has 0 aliphatic heterocycles.